The van der Waals surface area contributed by atoms with Crippen molar-refractivity contribution in [2.45, 2.75) is 24.8 Å². The fourth-order valence-corrected chi connectivity index (χ4v) is 4.43. The van der Waals surface area contributed by atoms with E-state index in [9.17, 15) is 13.2 Å². The number of carbonyl (C=O) groups is 1. The number of aryl methyl sites for hydroxylation is 1. The number of hydrogen-bond acceptors (Lipinski definition) is 5. The van der Waals surface area contributed by atoms with E-state index in [0.717, 1.165) is 5.56 Å². The molecule has 0 spiro atoms. The maximum absolute atomic E-state index is 12.8. The standard InChI is InChI=1S/C21H27N3O4S/c1-16-4-8-19(9-5-16)28-17(2)21(25)22-18-6-10-20(11-7-18)29(26,27)24-14-12-23(3)13-15-24/h4-11,17H,12-15H2,1-3H3,(H,22,25)/t17-/m1/s1. The zero-order valence-electron chi connectivity index (χ0n) is 17.0. The monoisotopic (exact) mass is 417 g/mol. The summed E-state index contributed by atoms with van der Waals surface area (Å²) in [4.78, 5) is 14.7. The van der Waals surface area contributed by atoms with Crippen LogP contribution in [-0.2, 0) is 14.8 Å². The molecule has 1 heterocycles. The van der Waals surface area contributed by atoms with Gasteiger partial charge in [-0.25, -0.2) is 8.42 Å². The van der Waals surface area contributed by atoms with Crippen molar-refractivity contribution in [3.63, 3.8) is 0 Å². The molecule has 1 fully saturated rings. The minimum absolute atomic E-state index is 0.226. The van der Waals surface area contributed by atoms with Crippen LogP contribution in [0.3, 0.4) is 0 Å². The van der Waals surface area contributed by atoms with Crippen LogP contribution < -0.4 is 10.1 Å². The van der Waals surface area contributed by atoms with Gasteiger partial charge in [0.05, 0.1) is 4.90 Å². The van der Waals surface area contributed by atoms with Crippen LogP contribution in [0, 0.1) is 6.92 Å². The van der Waals surface area contributed by atoms with Gasteiger partial charge in [0, 0.05) is 31.9 Å². The van der Waals surface area contributed by atoms with E-state index in [2.05, 4.69) is 10.2 Å². The first-order valence-electron chi connectivity index (χ1n) is 9.58. The lowest BCUT2D eigenvalue weighted by atomic mass is 10.2. The summed E-state index contributed by atoms with van der Waals surface area (Å²) < 4.78 is 32.7. The molecule has 0 bridgehead atoms. The van der Waals surface area contributed by atoms with Gasteiger partial charge in [-0.15, -0.1) is 0 Å². The molecule has 7 nitrogen and oxygen atoms in total. The number of likely N-dealkylation sites (N-methyl/N-ethyl adjacent to an activating group) is 1. The minimum Gasteiger partial charge on any atom is -0.481 e. The third-order valence-corrected chi connectivity index (χ3v) is 6.84. The number of nitrogens with zero attached hydrogens (tertiary/aromatic N) is 2. The Morgan fingerprint density at radius 1 is 1.00 bits per heavy atom. The van der Waals surface area contributed by atoms with Crippen LogP contribution in [0.5, 0.6) is 5.75 Å². The van der Waals surface area contributed by atoms with Gasteiger partial charge in [0.15, 0.2) is 6.10 Å². The van der Waals surface area contributed by atoms with E-state index in [4.69, 9.17) is 4.74 Å². The van der Waals surface area contributed by atoms with Crippen molar-refractivity contribution in [3.05, 3.63) is 54.1 Å². The van der Waals surface area contributed by atoms with E-state index in [-0.39, 0.29) is 10.8 Å². The summed E-state index contributed by atoms with van der Waals surface area (Å²) in [6, 6.07) is 13.7. The van der Waals surface area contributed by atoms with E-state index in [0.29, 0.717) is 37.6 Å². The van der Waals surface area contributed by atoms with Gasteiger partial charge in [0.1, 0.15) is 5.75 Å². The number of sulfonamides is 1. The Hall–Kier alpha value is -2.42. The second kappa shape index (κ2) is 8.94. The van der Waals surface area contributed by atoms with Crippen LogP contribution in [0.25, 0.3) is 0 Å². The SMILES string of the molecule is Cc1ccc(O[C@H](C)C(=O)Nc2ccc(S(=O)(=O)N3CCN(C)CC3)cc2)cc1. The molecule has 1 saturated heterocycles. The van der Waals surface area contributed by atoms with Crippen LogP contribution in [0.15, 0.2) is 53.4 Å². The molecule has 2 aromatic rings. The smallest absolute Gasteiger partial charge is 0.265 e. The Morgan fingerprint density at radius 3 is 2.17 bits per heavy atom. The predicted octanol–water partition coefficient (Wildman–Crippen LogP) is 2.34. The van der Waals surface area contributed by atoms with Crippen LogP contribution in [0.2, 0.25) is 0 Å². The molecular formula is C21H27N3O4S. The topological polar surface area (TPSA) is 78.9 Å². The number of amides is 1. The van der Waals surface area contributed by atoms with Crippen molar-refractivity contribution in [1.29, 1.82) is 0 Å². The number of carbonyl (C=O) groups excluding carboxylic acids is 1. The van der Waals surface area contributed by atoms with E-state index < -0.39 is 16.1 Å². The Labute approximate surface area is 172 Å². The van der Waals surface area contributed by atoms with Gasteiger partial charge in [-0.05, 0) is 57.3 Å². The summed E-state index contributed by atoms with van der Waals surface area (Å²) in [5, 5.41) is 2.76. The summed E-state index contributed by atoms with van der Waals surface area (Å²) in [5.74, 6) is 0.312. The number of ether oxygens (including phenoxy) is 1. The first kappa shape index (κ1) is 21.3. The minimum atomic E-state index is -3.52. The first-order chi connectivity index (χ1) is 13.8. The molecule has 0 saturated carbocycles. The van der Waals surface area contributed by atoms with Crippen molar-refractivity contribution < 1.29 is 17.9 Å². The summed E-state index contributed by atoms with van der Waals surface area (Å²) in [6.07, 6.45) is -0.688. The molecule has 3 rings (SSSR count). The zero-order chi connectivity index (χ0) is 21.0. The third-order valence-electron chi connectivity index (χ3n) is 4.92. The number of benzene rings is 2. The molecule has 0 aromatic heterocycles. The van der Waals surface area contributed by atoms with Gasteiger partial charge in [-0.1, -0.05) is 17.7 Å². The van der Waals surface area contributed by atoms with Crippen LogP contribution in [0.4, 0.5) is 5.69 Å². The van der Waals surface area contributed by atoms with Gasteiger partial charge >= 0.3 is 0 Å². The quantitative estimate of drug-likeness (QED) is 0.781. The molecule has 1 N–H and O–H groups in total. The second-order valence-electron chi connectivity index (χ2n) is 7.29. The Morgan fingerprint density at radius 2 is 1.59 bits per heavy atom. The lowest BCUT2D eigenvalue weighted by molar-refractivity contribution is -0.122. The molecule has 0 unspecified atom stereocenters. The van der Waals surface area contributed by atoms with Crippen molar-refractivity contribution >= 4 is 21.6 Å². The van der Waals surface area contributed by atoms with Gasteiger partial charge in [0.25, 0.3) is 5.91 Å². The van der Waals surface area contributed by atoms with Crippen LogP contribution in [-0.4, -0.2) is 62.9 Å². The van der Waals surface area contributed by atoms with E-state index in [1.54, 1.807) is 19.1 Å². The fraction of sp³-hybridized carbons (Fsp3) is 0.381. The van der Waals surface area contributed by atoms with Gasteiger partial charge < -0.3 is 15.0 Å². The molecule has 1 aliphatic rings. The third kappa shape index (κ3) is 5.35. The predicted molar refractivity (Wildman–Crippen MR) is 113 cm³/mol. The summed E-state index contributed by atoms with van der Waals surface area (Å²) >= 11 is 0. The summed E-state index contributed by atoms with van der Waals surface area (Å²) in [7, 11) is -1.54. The van der Waals surface area contributed by atoms with Crippen molar-refractivity contribution in [2.75, 3.05) is 38.5 Å². The zero-order valence-corrected chi connectivity index (χ0v) is 17.8. The highest BCUT2D eigenvalue weighted by molar-refractivity contribution is 7.89. The van der Waals surface area contributed by atoms with Gasteiger partial charge in [-0.3, -0.25) is 4.79 Å². The summed E-state index contributed by atoms with van der Waals surface area (Å²) in [6.45, 7) is 6.03. The molecule has 156 valence electrons. The van der Waals surface area contributed by atoms with Crippen LogP contribution in [0.1, 0.15) is 12.5 Å². The molecule has 2 aromatic carbocycles. The molecule has 1 atom stereocenters. The number of hydrogen-bond donors (Lipinski definition) is 1. The molecule has 8 heteroatoms. The van der Waals surface area contributed by atoms with Crippen molar-refractivity contribution in [2.24, 2.45) is 0 Å². The summed E-state index contributed by atoms with van der Waals surface area (Å²) in [5.41, 5.74) is 1.63. The Bertz CT molecular complexity index is 935. The normalized spacial score (nSPS) is 16.9. The van der Waals surface area contributed by atoms with Crippen molar-refractivity contribution in [3.8, 4) is 5.75 Å². The number of rotatable bonds is 6. The molecule has 0 aliphatic carbocycles. The molecule has 1 aliphatic heterocycles. The maximum Gasteiger partial charge on any atom is 0.265 e. The highest BCUT2D eigenvalue weighted by Gasteiger charge is 2.27. The molecule has 29 heavy (non-hydrogen) atoms. The maximum atomic E-state index is 12.8. The van der Waals surface area contributed by atoms with Gasteiger partial charge in [0.2, 0.25) is 10.0 Å². The number of piperazine rings is 1. The fourth-order valence-electron chi connectivity index (χ4n) is 3.01. The Balaban J connectivity index is 1.61. The first-order valence-corrected chi connectivity index (χ1v) is 11.0. The van der Waals surface area contributed by atoms with Gasteiger partial charge in [-0.2, -0.15) is 4.31 Å². The van der Waals surface area contributed by atoms with E-state index in [1.807, 2.05) is 38.2 Å². The highest BCUT2D eigenvalue weighted by atomic mass is 32.2. The van der Waals surface area contributed by atoms with Crippen molar-refractivity contribution in [1.82, 2.24) is 9.21 Å². The average molecular weight is 418 g/mol. The van der Waals surface area contributed by atoms with E-state index in [1.165, 1.54) is 16.4 Å². The largest absolute Gasteiger partial charge is 0.481 e. The lowest BCUT2D eigenvalue weighted by Crippen LogP contribution is -2.46. The average Bonchev–Trinajstić information content (AvgIpc) is 2.70. The molecule has 1 amide bonds. The number of nitrogens with one attached hydrogen (secondary N) is 1. The van der Waals surface area contributed by atoms with E-state index >= 15 is 0 Å². The highest BCUT2D eigenvalue weighted by Crippen LogP contribution is 2.20. The second-order valence-corrected chi connectivity index (χ2v) is 9.23. The number of anilines is 1. The Kier molecular flexibility index (Phi) is 6.56. The molecular weight excluding hydrogens is 390 g/mol. The molecule has 0 radical (unpaired) electrons. The lowest BCUT2D eigenvalue weighted by Gasteiger charge is -2.31. The van der Waals surface area contributed by atoms with Crippen LogP contribution >= 0.6 is 0 Å².